The van der Waals surface area contributed by atoms with Gasteiger partial charge in [0.15, 0.2) is 11.6 Å². The van der Waals surface area contributed by atoms with E-state index >= 15 is 4.39 Å². The number of aromatic nitrogens is 2. The second-order valence-corrected chi connectivity index (χ2v) is 15.0. The molecule has 0 saturated carbocycles. The molecule has 4 aromatic rings. The number of hydrogen-bond acceptors (Lipinski definition) is 11. The molecular weight excluding hydrogens is 681 g/mol. The molecule has 0 radical (unpaired) electrons. The summed E-state index contributed by atoms with van der Waals surface area (Å²) >= 11 is 7.92. The number of amides is 1. The van der Waals surface area contributed by atoms with Crippen molar-refractivity contribution in [1.29, 1.82) is 5.26 Å². The number of fused-ring (bicyclic) bond motifs is 4. The number of nitrogens with two attached hydrogens (primary N) is 1. The molecule has 5 aliphatic rings. The molecule has 49 heavy (non-hydrogen) atoms. The van der Waals surface area contributed by atoms with Crippen molar-refractivity contribution in [2.45, 2.75) is 55.5 Å². The van der Waals surface area contributed by atoms with Gasteiger partial charge in [-0.3, -0.25) is 9.69 Å². The van der Waals surface area contributed by atoms with Crippen LogP contribution >= 0.6 is 22.9 Å². The third-order valence-corrected chi connectivity index (χ3v) is 11.9. The SMILES string of the molecule is N#Cc1c(N)sc2c(F)ccc(-c3c(Cl)c4c5c(nc(OC[C@@]67CCCN6C[C@H](F)C7)nc5c3F)N3C[C@H](NC(=O)[C@H]5CN5)C[C@H]3CO4)c12. The number of nitrogens with zero attached hydrogens (tertiary/aromatic N) is 5. The molecule has 4 N–H and O–H groups in total. The zero-order valence-corrected chi connectivity index (χ0v) is 27.6. The summed E-state index contributed by atoms with van der Waals surface area (Å²) in [4.78, 5) is 26.1. The van der Waals surface area contributed by atoms with Gasteiger partial charge < -0.3 is 30.7 Å². The number of ether oxygens (including phenoxy) is 2. The monoisotopic (exact) mass is 710 g/mol. The van der Waals surface area contributed by atoms with Crippen molar-refractivity contribution in [2.24, 2.45) is 0 Å². The van der Waals surface area contributed by atoms with Crippen molar-refractivity contribution >= 4 is 60.7 Å². The number of thiophene rings is 1. The van der Waals surface area contributed by atoms with Gasteiger partial charge >= 0.3 is 6.01 Å². The van der Waals surface area contributed by atoms with Crippen LogP contribution < -0.4 is 30.7 Å². The molecule has 4 saturated heterocycles. The molecule has 9 rings (SSSR count). The Labute approximate surface area is 287 Å². The zero-order valence-electron chi connectivity index (χ0n) is 26.0. The summed E-state index contributed by atoms with van der Waals surface area (Å²) < 4.78 is 59.4. The molecule has 4 fully saturated rings. The van der Waals surface area contributed by atoms with Gasteiger partial charge in [-0.15, -0.1) is 11.3 Å². The molecule has 0 unspecified atom stereocenters. The lowest BCUT2D eigenvalue weighted by atomic mass is 9.95. The van der Waals surface area contributed by atoms with Crippen LogP contribution in [-0.4, -0.2) is 90.0 Å². The molecule has 254 valence electrons. The maximum atomic E-state index is 17.2. The first-order valence-electron chi connectivity index (χ1n) is 16.2. The average molecular weight is 711 g/mol. The van der Waals surface area contributed by atoms with Crippen LogP contribution in [0.2, 0.25) is 5.02 Å². The van der Waals surface area contributed by atoms with E-state index in [1.54, 1.807) is 0 Å². The number of nitrogens with one attached hydrogen (secondary N) is 2. The summed E-state index contributed by atoms with van der Waals surface area (Å²) in [7, 11) is 0. The van der Waals surface area contributed by atoms with Gasteiger partial charge in [0, 0.05) is 43.0 Å². The summed E-state index contributed by atoms with van der Waals surface area (Å²) in [5.41, 5.74) is 5.51. The maximum Gasteiger partial charge on any atom is 0.319 e. The lowest BCUT2D eigenvalue weighted by Crippen LogP contribution is -2.43. The Morgan fingerprint density at radius 1 is 1.31 bits per heavy atom. The highest BCUT2D eigenvalue weighted by molar-refractivity contribution is 7.23. The van der Waals surface area contributed by atoms with Gasteiger partial charge in [-0.1, -0.05) is 17.7 Å². The molecule has 7 heterocycles. The average Bonchev–Trinajstić information content (AvgIpc) is 3.53. The Morgan fingerprint density at radius 3 is 2.94 bits per heavy atom. The summed E-state index contributed by atoms with van der Waals surface area (Å²) in [6.07, 6.45) is 1.58. The number of alkyl halides is 1. The first-order chi connectivity index (χ1) is 23.7. The number of benzene rings is 2. The summed E-state index contributed by atoms with van der Waals surface area (Å²) in [6, 6.07) is 3.79. The van der Waals surface area contributed by atoms with Crippen LogP contribution in [-0.2, 0) is 4.79 Å². The van der Waals surface area contributed by atoms with Crippen LogP contribution in [0.4, 0.5) is 24.0 Å². The van der Waals surface area contributed by atoms with E-state index in [0.717, 1.165) is 30.7 Å². The summed E-state index contributed by atoms with van der Waals surface area (Å²) in [6.45, 7) is 2.38. The number of carbonyl (C=O) groups excluding carboxylic acids is 1. The van der Waals surface area contributed by atoms with E-state index in [-0.39, 0.29) is 96.7 Å². The minimum Gasteiger partial charge on any atom is -0.489 e. The minimum absolute atomic E-state index is 0.0162. The van der Waals surface area contributed by atoms with Gasteiger partial charge in [0.2, 0.25) is 5.91 Å². The van der Waals surface area contributed by atoms with E-state index in [1.807, 2.05) is 11.0 Å². The van der Waals surface area contributed by atoms with E-state index in [0.29, 0.717) is 38.3 Å². The largest absolute Gasteiger partial charge is 0.489 e. The molecule has 11 nitrogen and oxygen atoms in total. The van der Waals surface area contributed by atoms with Crippen molar-refractivity contribution in [3.05, 3.63) is 34.4 Å². The Bertz CT molecular complexity index is 2120. The smallest absolute Gasteiger partial charge is 0.319 e. The molecule has 1 amide bonds. The molecule has 0 spiro atoms. The van der Waals surface area contributed by atoms with E-state index < -0.39 is 23.3 Å². The normalized spacial score (nSPS) is 27.1. The van der Waals surface area contributed by atoms with Crippen LogP contribution in [0.3, 0.4) is 0 Å². The van der Waals surface area contributed by atoms with Crippen molar-refractivity contribution in [2.75, 3.05) is 50.0 Å². The van der Waals surface area contributed by atoms with Crippen molar-refractivity contribution in [1.82, 2.24) is 25.5 Å². The molecule has 0 bridgehead atoms. The highest BCUT2D eigenvalue weighted by Crippen LogP contribution is 2.52. The number of nitriles is 1. The highest BCUT2D eigenvalue weighted by Gasteiger charge is 2.50. The Kier molecular flexibility index (Phi) is 7.07. The number of rotatable bonds is 6. The summed E-state index contributed by atoms with van der Waals surface area (Å²) in [5.74, 6) is -1.05. The van der Waals surface area contributed by atoms with E-state index in [2.05, 4.69) is 20.5 Å². The van der Waals surface area contributed by atoms with Crippen LogP contribution in [0.1, 0.15) is 31.2 Å². The first kappa shape index (κ1) is 30.9. The van der Waals surface area contributed by atoms with Gasteiger partial charge in [0.1, 0.15) is 47.6 Å². The second kappa shape index (κ2) is 11.2. The molecular formula is C33H30ClF3N8O3S. The van der Waals surface area contributed by atoms with Crippen LogP contribution in [0.5, 0.6) is 11.8 Å². The third kappa shape index (κ3) is 4.79. The number of carbonyl (C=O) groups is 1. The summed E-state index contributed by atoms with van der Waals surface area (Å²) in [5, 5.41) is 16.4. The molecule has 2 aromatic carbocycles. The quantitative estimate of drug-likeness (QED) is 0.248. The van der Waals surface area contributed by atoms with E-state index in [4.69, 9.17) is 31.8 Å². The second-order valence-electron chi connectivity index (χ2n) is 13.5. The lowest BCUT2D eigenvalue weighted by Gasteiger charge is -2.31. The number of anilines is 2. The van der Waals surface area contributed by atoms with Crippen LogP contribution in [0, 0.1) is 23.0 Å². The van der Waals surface area contributed by atoms with Gasteiger partial charge in [-0.05, 0) is 37.4 Å². The van der Waals surface area contributed by atoms with Gasteiger partial charge in [0.25, 0.3) is 0 Å². The Morgan fingerprint density at radius 2 is 2.14 bits per heavy atom. The predicted molar refractivity (Wildman–Crippen MR) is 178 cm³/mol. The predicted octanol–water partition coefficient (Wildman–Crippen LogP) is 4.28. The van der Waals surface area contributed by atoms with Crippen LogP contribution in [0.25, 0.3) is 32.1 Å². The fraction of sp³-hybridized carbons (Fsp3) is 0.455. The Hall–Kier alpha value is -4.10. The third-order valence-electron chi connectivity index (χ3n) is 10.6. The molecule has 5 atom stereocenters. The molecule has 0 aliphatic carbocycles. The first-order valence-corrected chi connectivity index (χ1v) is 17.4. The highest BCUT2D eigenvalue weighted by atomic mass is 35.5. The van der Waals surface area contributed by atoms with Crippen molar-refractivity contribution in [3.8, 4) is 29.0 Å². The molecule has 5 aliphatic heterocycles. The maximum absolute atomic E-state index is 17.2. The van der Waals surface area contributed by atoms with Gasteiger partial charge in [0.05, 0.1) is 38.3 Å². The molecule has 2 aromatic heterocycles. The van der Waals surface area contributed by atoms with Crippen LogP contribution in [0.15, 0.2) is 12.1 Å². The molecule has 16 heteroatoms. The number of hydrogen-bond donors (Lipinski definition) is 3. The fourth-order valence-corrected chi connectivity index (χ4v) is 9.48. The minimum atomic E-state index is -0.965. The van der Waals surface area contributed by atoms with E-state index in [1.165, 1.54) is 12.1 Å². The number of halogens is 4. The van der Waals surface area contributed by atoms with Crippen molar-refractivity contribution < 1.29 is 27.4 Å². The fourth-order valence-electron chi connectivity index (χ4n) is 8.20. The van der Waals surface area contributed by atoms with E-state index in [9.17, 15) is 18.8 Å². The Balaban J connectivity index is 1.21. The standard InChI is InChI=1S/C33H30ClF3N8O3S/c34-24-22(17-2-3-19(36)28-21(17)18(8-38)29(39)49-28)25(37)26-23-27(24)47-12-16-6-15(41-31(46)20-9-40-20)11-45(16)30(23)43-32(42-26)48-13-33-4-1-5-44(33)10-14(35)7-33/h2-3,14-16,20,40H,1,4-7,9-13,39H2,(H,41,46)/t14-,15-,16+,20-,33+/m1/s1. The zero-order chi connectivity index (χ0) is 33.8. The van der Waals surface area contributed by atoms with Gasteiger partial charge in [-0.25, -0.2) is 13.2 Å². The topological polar surface area (TPSA) is 152 Å². The number of nitrogen functional groups attached to an aromatic ring is 1. The van der Waals surface area contributed by atoms with Crippen molar-refractivity contribution in [3.63, 3.8) is 0 Å². The van der Waals surface area contributed by atoms with Gasteiger partial charge in [-0.2, -0.15) is 15.2 Å². The lowest BCUT2D eigenvalue weighted by molar-refractivity contribution is -0.121.